The van der Waals surface area contributed by atoms with E-state index in [1.54, 1.807) is 12.4 Å². The highest BCUT2D eigenvalue weighted by Crippen LogP contribution is 2.68. The van der Waals surface area contributed by atoms with E-state index in [0.717, 1.165) is 37.8 Å². The van der Waals surface area contributed by atoms with Gasteiger partial charge in [-0.1, -0.05) is 20.8 Å². The Morgan fingerprint density at radius 2 is 1.76 bits per heavy atom. The van der Waals surface area contributed by atoms with E-state index >= 15 is 0 Å². The van der Waals surface area contributed by atoms with Crippen molar-refractivity contribution >= 4 is 11.6 Å². The van der Waals surface area contributed by atoms with Crippen LogP contribution >= 0.6 is 0 Å². The number of hydrogen-bond donors (Lipinski definition) is 3. The largest absolute Gasteiger partial charge is 0.393 e. The molecule has 4 fully saturated rings. The summed E-state index contributed by atoms with van der Waals surface area (Å²) in [6, 6.07) is 3.66. The minimum atomic E-state index is -0.224. The van der Waals surface area contributed by atoms with Gasteiger partial charge in [0.1, 0.15) is 0 Å². The van der Waals surface area contributed by atoms with Crippen LogP contribution in [-0.4, -0.2) is 33.3 Å². The van der Waals surface area contributed by atoms with Gasteiger partial charge in [0.15, 0.2) is 0 Å². The van der Waals surface area contributed by atoms with Crippen molar-refractivity contribution in [3.63, 3.8) is 0 Å². The van der Waals surface area contributed by atoms with Crippen LogP contribution < -0.4 is 5.32 Å². The first-order valence-corrected chi connectivity index (χ1v) is 13.8. The van der Waals surface area contributed by atoms with Crippen LogP contribution in [-0.2, 0) is 4.79 Å². The third-order valence-electron chi connectivity index (χ3n) is 11.2. The van der Waals surface area contributed by atoms with Gasteiger partial charge in [0, 0.05) is 24.5 Å². The second kappa shape index (κ2) is 9.20. The quantitative estimate of drug-likeness (QED) is 0.538. The molecule has 1 amide bonds. The molecular weight excluding hydrogens is 424 g/mol. The number of fused-ring (bicyclic) bond motifs is 5. The maximum Gasteiger partial charge on any atom is 0.224 e. The molecule has 4 saturated carbocycles. The molecule has 34 heavy (non-hydrogen) atoms. The number of aliphatic hydroxyl groups excluding tert-OH is 2. The van der Waals surface area contributed by atoms with Gasteiger partial charge in [0.25, 0.3) is 0 Å². The lowest BCUT2D eigenvalue weighted by Crippen LogP contribution is -2.58. The maximum absolute atomic E-state index is 12.5. The molecule has 188 valence electrons. The zero-order valence-electron chi connectivity index (χ0n) is 21.2. The molecule has 4 aliphatic carbocycles. The van der Waals surface area contributed by atoms with E-state index in [2.05, 4.69) is 31.1 Å². The smallest absolute Gasteiger partial charge is 0.224 e. The molecule has 4 aliphatic rings. The molecule has 0 bridgehead atoms. The molecule has 1 aromatic rings. The zero-order valence-corrected chi connectivity index (χ0v) is 21.2. The van der Waals surface area contributed by atoms with Crippen molar-refractivity contribution in [2.24, 2.45) is 46.3 Å². The summed E-state index contributed by atoms with van der Waals surface area (Å²) in [6.07, 6.45) is 13.2. The highest BCUT2D eigenvalue weighted by molar-refractivity contribution is 5.90. The number of amides is 1. The molecule has 0 saturated heterocycles. The fourth-order valence-electron chi connectivity index (χ4n) is 9.39. The van der Waals surface area contributed by atoms with Crippen LogP contribution in [0.25, 0.3) is 0 Å². The molecule has 1 aromatic heterocycles. The lowest BCUT2D eigenvalue weighted by atomic mass is 9.43. The lowest BCUT2D eigenvalue weighted by molar-refractivity contribution is -0.174. The number of hydrogen-bond acceptors (Lipinski definition) is 4. The first-order valence-electron chi connectivity index (χ1n) is 13.8. The van der Waals surface area contributed by atoms with Crippen molar-refractivity contribution < 1.29 is 15.0 Å². The first-order chi connectivity index (χ1) is 16.2. The van der Waals surface area contributed by atoms with Gasteiger partial charge in [-0.3, -0.25) is 9.78 Å². The van der Waals surface area contributed by atoms with E-state index in [1.807, 2.05) is 12.1 Å². The van der Waals surface area contributed by atoms with E-state index in [-0.39, 0.29) is 28.9 Å². The number of carbonyl (C=O) groups is 1. The third kappa shape index (κ3) is 4.11. The van der Waals surface area contributed by atoms with E-state index < -0.39 is 0 Å². The predicted octanol–water partition coefficient (Wildman–Crippen LogP) is 5.43. The number of rotatable bonds is 5. The molecular formula is C29H44N2O3. The Hall–Kier alpha value is -1.46. The number of carbonyl (C=O) groups excluding carboxylic acids is 1. The number of aliphatic hydroxyl groups is 2. The van der Waals surface area contributed by atoms with Crippen molar-refractivity contribution in [2.45, 2.75) is 97.2 Å². The van der Waals surface area contributed by atoms with E-state index in [1.165, 1.54) is 25.7 Å². The van der Waals surface area contributed by atoms with Crippen LogP contribution in [0.2, 0.25) is 0 Å². The van der Waals surface area contributed by atoms with Crippen molar-refractivity contribution in [3.05, 3.63) is 24.5 Å². The molecule has 0 unspecified atom stereocenters. The Morgan fingerprint density at radius 3 is 2.53 bits per heavy atom. The molecule has 10 atom stereocenters. The molecule has 5 heteroatoms. The second-order valence-corrected chi connectivity index (χ2v) is 12.8. The normalized spacial score (nSPS) is 44.4. The average Bonchev–Trinajstić information content (AvgIpc) is 3.16. The second-order valence-electron chi connectivity index (χ2n) is 12.8. The van der Waals surface area contributed by atoms with E-state index in [9.17, 15) is 15.0 Å². The van der Waals surface area contributed by atoms with Gasteiger partial charge in [0.05, 0.1) is 12.2 Å². The van der Waals surface area contributed by atoms with Crippen molar-refractivity contribution in [2.75, 3.05) is 5.32 Å². The summed E-state index contributed by atoms with van der Waals surface area (Å²) >= 11 is 0. The van der Waals surface area contributed by atoms with Gasteiger partial charge in [-0.2, -0.15) is 0 Å². The number of aromatic nitrogens is 1. The minimum absolute atomic E-state index is 0.0858. The van der Waals surface area contributed by atoms with Crippen molar-refractivity contribution in [1.82, 2.24) is 4.98 Å². The average molecular weight is 469 g/mol. The fraction of sp³-hybridized carbons (Fsp3) is 0.793. The predicted molar refractivity (Wildman–Crippen MR) is 134 cm³/mol. The highest BCUT2D eigenvalue weighted by Gasteiger charge is 2.62. The van der Waals surface area contributed by atoms with Crippen molar-refractivity contribution in [1.29, 1.82) is 0 Å². The molecule has 5 nitrogen and oxygen atoms in total. The van der Waals surface area contributed by atoms with Gasteiger partial charge in [0.2, 0.25) is 5.91 Å². The Morgan fingerprint density at radius 1 is 1.06 bits per heavy atom. The monoisotopic (exact) mass is 468 g/mol. The van der Waals surface area contributed by atoms with E-state index in [4.69, 9.17) is 0 Å². The maximum atomic E-state index is 12.5. The zero-order chi connectivity index (χ0) is 24.1. The summed E-state index contributed by atoms with van der Waals surface area (Å²) in [7, 11) is 0. The van der Waals surface area contributed by atoms with Gasteiger partial charge in [-0.05, 0) is 116 Å². The Labute approximate surface area is 205 Å². The van der Waals surface area contributed by atoms with Gasteiger partial charge in [-0.25, -0.2) is 0 Å². The summed E-state index contributed by atoms with van der Waals surface area (Å²) in [4.78, 5) is 16.5. The molecule has 1 heterocycles. The molecule has 3 N–H and O–H groups in total. The number of nitrogens with one attached hydrogen (secondary N) is 1. The molecule has 0 aliphatic heterocycles. The van der Waals surface area contributed by atoms with E-state index in [0.29, 0.717) is 41.9 Å². The van der Waals surface area contributed by atoms with Gasteiger partial charge < -0.3 is 15.5 Å². The number of nitrogens with zero attached hydrogens (tertiary/aromatic N) is 1. The topological polar surface area (TPSA) is 82.5 Å². The molecule has 0 aromatic carbocycles. The van der Waals surface area contributed by atoms with Crippen LogP contribution in [0.1, 0.15) is 85.0 Å². The SMILES string of the molecule is C[C@H](CCC(=O)Nc1ccncc1)[C@@H]1CC[C@@H]2[C@H]3[C@@H](CC[C@@]21C)[C@@]1(C)CC[C@@H](O)C[C@@H]1C[C@@H]3O. The fourth-order valence-corrected chi connectivity index (χ4v) is 9.39. The van der Waals surface area contributed by atoms with Crippen LogP contribution in [0.4, 0.5) is 5.69 Å². The Kier molecular flexibility index (Phi) is 6.56. The number of anilines is 1. The van der Waals surface area contributed by atoms with Crippen LogP contribution in [0, 0.1) is 46.3 Å². The summed E-state index contributed by atoms with van der Waals surface area (Å²) < 4.78 is 0. The van der Waals surface area contributed by atoms with Crippen LogP contribution in [0.3, 0.4) is 0 Å². The molecule has 0 spiro atoms. The molecule has 0 radical (unpaired) electrons. The standard InChI is InChI=1S/C29H44N2O3/c1-18(4-7-26(34)31-20-10-14-30-15-11-20)22-5-6-23-27-24(9-13-29(22,23)3)28(2)12-8-21(32)16-19(28)17-25(27)33/h10-11,14-15,18-19,21-25,27,32-33H,4-9,12-13,16-17H2,1-3H3,(H,30,31,34)/t18-,19-,21-,22+,23-,24-,25+,27+,28+,29-/m1/s1. The lowest BCUT2D eigenvalue weighted by Gasteiger charge is -2.62. The summed E-state index contributed by atoms with van der Waals surface area (Å²) in [6.45, 7) is 7.33. The Balaban J connectivity index is 1.25. The minimum Gasteiger partial charge on any atom is -0.393 e. The van der Waals surface area contributed by atoms with Crippen LogP contribution in [0.15, 0.2) is 24.5 Å². The van der Waals surface area contributed by atoms with Crippen molar-refractivity contribution in [3.8, 4) is 0 Å². The molecule has 5 rings (SSSR count). The highest BCUT2D eigenvalue weighted by atomic mass is 16.3. The van der Waals surface area contributed by atoms with Crippen LogP contribution in [0.5, 0.6) is 0 Å². The van der Waals surface area contributed by atoms with Gasteiger partial charge >= 0.3 is 0 Å². The van der Waals surface area contributed by atoms with Gasteiger partial charge in [-0.15, -0.1) is 0 Å². The Bertz CT molecular complexity index is 877. The number of pyridine rings is 1. The summed E-state index contributed by atoms with van der Waals surface area (Å²) in [5, 5.41) is 24.7. The summed E-state index contributed by atoms with van der Waals surface area (Å²) in [5.74, 6) is 3.26. The summed E-state index contributed by atoms with van der Waals surface area (Å²) in [5.41, 5.74) is 1.35. The first kappa shape index (κ1) is 24.2. The third-order valence-corrected chi connectivity index (χ3v) is 11.2.